The van der Waals surface area contributed by atoms with Crippen molar-refractivity contribution in [2.24, 2.45) is 23.5 Å². The fourth-order valence-electron chi connectivity index (χ4n) is 4.83. The van der Waals surface area contributed by atoms with Crippen LogP contribution in [-0.2, 0) is 14.4 Å². The first-order chi connectivity index (χ1) is 16.9. The molecular formula is C26H27F4N3O3. The SMILES string of the molecule is Cc1cccc2c1NC(=O)[C@@H](NC(=O)[C@@H](CC1CC1)[C@@H](CCC(F)(F)F)C(N)=O)c1cc(F)ccc1-2. The summed E-state index contributed by atoms with van der Waals surface area (Å²) in [6, 6.07) is 7.94. The van der Waals surface area contributed by atoms with Gasteiger partial charge in [0.05, 0.1) is 5.69 Å². The number of nitrogens with one attached hydrogen (secondary N) is 2. The third-order valence-electron chi connectivity index (χ3n) is 6.90. The van der Waals surface area contributed by atoms with Crippen LogP contribution in [0.15, 0.2) is 36.4 Å². The van der Waals surface area contributed by atoms with Crippen molar-refractivity contribution in [2.75, 3.05) is 5.32 Å². The Hall–Kier alpha value is -3.43. The van der Waals surface area contributed by atoms with E-state index in [1.807, 2.05) is 0 Å². The lowest BCUT2D eigenvalue weighted by atomic mass is 9.82. The number of carbonyl (C=O) groups is 3. The average Bonchev–Trinajstić information content (AvgIpc) is 3.61. The second kappa shape index (κ2) is 9.91. The van der Waals surface area contributed by atoms with E-state index in [2.05, 4.69) is 10.6 Å². The van der Waals surface area contributed by atoms with Crippen LogP contribution in [0.5, 0.6) is 0 Å². The number of hydrogen-bond donors (Lipinski definition) is 3. The summed E-state index contributed by atoms with van der Waals surface area (Å²) in [5.41, 5.74) is 8.10. The normalized spacial score (nSPS) is 18.8. The second-order valence-corrected chi connectivity index (χ2v) is 9.61. The fourth-order valence-corrected chi connectivity index (χ4v) is 4.83. The van der Waals surface area contributed by atoms with Gasteiger partial charge in [-0.05, 0) is 54.5 Å². The molecule has 0 bridgehead atoms. The van der Waals surface area contributed by atoms with Crippen LogP contribution in [0.3, 0.4) is 0 Å². The fraction of sp³-hybridized carbons (Fsp3) is 0.423. The maximum Gasteiger partial charge on any atom is 0.389 e. The van der Waals surface area contributed by atoms with Gasteiger partial charge in [-0.3, -0.25) is 14.4 Å². The number of para-hydroxylation sites is 1. The molecule has 2 aromatic rings. The van der Waals surface area contributed by atoms with Gasteiger partial charge >= 0.3 is 6.18 Å². The molecule has 0 spiro atoms. The van der Waals surface area contributed by atoms with Crippen LogP contribution in [0.25, 0.3) is 11.1 Å². The number of anilines is 1. The number of benzene rings is 2. The summed E-state index contributed by atoms with van der Waals surface area (Å²) in [6.07, 6.45) is -4.64. The maximum absolute atomic E-state index is 14.3. The van der Waals surface area contributed by atoms with Crippen LogP contribution in [0, 0.1) is 30.5 Å². The van der Waals surface area contributed by atoms with Crippen LogP contribution >= 0.6 is 0 Å². The van der Waals surface area contributed by atoms with Gasteiger partial charge in [-0.1, -0.05) is 37.1 Å². The molecule has 6 nitrogen and oxygen atoms in total. The van der Waals surface area contributed by atoms with E-state index in [9.17, 15) is 31.9 Å². The van der Waals surface area contributed by atoms with Crippen LogP contribution in [0.4, 0.5) is 23.2 Å². The average molecular weight is 506 g/mol. The summed E-state index contributed by atoms with van der Waals surface area (Å²) < 4.78 is 53.0. The summed E-state index contributed by atoms with van der Waals surface area (Å²) in [6.45, 7) is 1.80. The van der Waals surface area contributed by atoms with Gasteiger partial charge in [0.2, 0.25) is 11.8 Å². The Morgan fingerprint density at radius 1 is 1.14 bits per heavy atom. The number of halogens is 4. The van der Waals surface area contributed by atoms with Crippen LogP contribution in [0.2, 0.25) is 0 Å². The number of aryl methyl sites for hydroxylation is 1. The first-order valence-electron chi connectivity index (χ1n) is 11.8. The quantitative estimate of drug-likeness (QED) is 0.451. The molecule has 1 fully saturated rings. The smallest absolute Gasteiger partial charge is 0.369 e. The number of fused-ring (bicyclic) bond motifs is 3. The van der Waals surface area contributed by atoms with Crippen molar-refractivity contribution < 1.29 is 31.9 Å². The highest BCUT2D eigenvalue weighted by atomic mass is 19.4. The van der Waals surface area contributed by atoms with Crippen LogP contribution < -0.4 is 16.4 Å². The van der Waals surface area contributed by atoms with E-state index >= 15 is 0 Å². The Bertz CT molecular complexity index is 1190. The molecular weight excluding hydrogens is 478 g/mol. The van der Waals surface area contributed by atoms with Crippen molar-refractivity contribution >= 4 is 23.4 Å². The van der Waals surface area contributed by atoms with Crippen molar-refractivity contribution in [3.63, 3.8) is 0 Å². The van der Waals surface area contributed by atoms with E-state index in [4.69, 9.17) is 5.73 Å². The van der Waals surface area contributed by atoms with E-state index in [0.717, 1.165) is 24.5 Å². The molecule has 4 N–H and O–H groups in total. The Kier molecular flexibility index (Phi) is 7.06. The summed E-state index contributed by atoms with van der Waals surface area (Å²) >= 11 is 0. The Morgan fingerprint density at radius 2 is 1.86 bits per heavy atom. The molecule has 0 radical (unpaired) electrons. The van der Waals surface area contributed by atoms with Gasteiger partial charge in [-0.15, -0.1) is 0 Å². The number of carbonyl (C=O) groups excluding carboxylic acids is 3. The van der Waals surface area contributed by atoms with Crippen molar-refractivity contribution in [2.45, 2.75) is 51.2 Å². The van der Waals surface area contributed by atoms with Crippen molar-refractivity contribution in [1.29, 1.82) is 0 Å². The number of alkyl halides is 3. The molecule has 10 heteroatoms. The number of hydrogen-bond acceptors (Lipinski definition) is 3. The zero-order valence-corrected chi connectivity index (χ0v) is 19.6. The van der Waals surface area contributed by atoms with E-state index in [0.29, 0.717) is 16.8 Å². The van der Waals surface area contributed by atoms with Gasteiger partial charge in [0.25, 0.3) is 5.91 Å². The van der Waals surface area contributed by atoms with Crippen molar-refractivity contribution in [1.82, 2.24) is 5.32 Å². The third kappa shape index (κ3) is 5.68. The molecule has 0 aromatic heterocycles. The minimum atomic E-state index is -4.52. The third-order valence-corrected chi connectivity index (χ3v) is 6.90. The molecule has 0 saturated heterocycles. The van der Waals surface area contributed by atoms with E-state index in [1.54, 1.807) is 25.1 Å². The molecule has 3 atom stereocenters. The highest BCUT2D eigenvalue weighted by Crippen LogP contribution is 2.42. The summed E-state index contributed by atoms with van der Waals surface area (Å²) in [5, 5.41) is 5.39. The number of amides is 3. The van der Waals surface area contributed by atoms with Crippen LogP contribution in [-0.4, -0.2) is 23.9 Å². The van der Waals surface area contributed by atoms with E-state index in [1.165, 1.54) is 12.1 Å². The van der Waals surface area contributed by atoms with Gasteiger partial charge in [0, 0.05) is 23.8 Å². The largest absolute Gasteiger partial charge is 0.389 e. The van der Waals surface area contributed by atoms with E-state index < -0.39 is 60.4 Å². The van der Waals surface area contributed by atoms with Gasteiger partial charge < -0.3 is 16.4 Å². The molecule has 192 valence electrons. The summed E-state index contributed by atoms with van der Waals surface area (Å²) in [4.78, 5) is 38.9. The Balaban J connectivity index is 1.68. The number of rotatable bonds is 8. The molecule has 1 saturated carbocycles. The van der Waals surface area contributed by atoms with Crippen LogP contribution in [0.1, 0.15) is 49.3 Å². The van der Waals surface area contributed by atoms with Gasteiger partial charge in [-0.25, -0.2) is 4.39 Å². The molecule has 4 rings (SSSR count). The molecule has 0 unspecified atom stereocenters. The predicted molar refractivity (Wildman–Crippen MR) is 125 cm³/mol. The topological polar surface area (TPSA) is 101 Å². The first-order valence-corrected chi connectivity index (χ1v) is 11.8. The standard InChI is InChI=1S/C26H27F4N3O3/c1-13-3-2-4-17-16-8-7-15(27)12-19(16)22(25(36)32-21(13)17)33-24(35)20(11-14-5-6-14)18(23(31)34)9-10-26(28,29)30/h2-4,7-8,12,14,18,20,22H,5-6,9-11H2,1H3,(H2,31,34)(H,32,36)(H,33,35)/t18-,20+,22+/m1/s1. The van der Waals surface area contributed by atoms with E-state index in [-0.39, 0.29) is 17.9 Å². The molecule has 1 aliphatic heterocycles. The Labute approximate surface area is 205 Å². The number of nitrogens with two attached hydrogens (primary N) is 1. The lowest BCUT2D eigenvalue weighted by molar-refractivity contribution is -0.146. The van der Waals surface area contributed by atoms with Gasteiger partial charge in [-0.2, -0.15) is 13.2 Å². The van der Waals surface area contributed by atoms with Gasteiger partial charge in [0.1, 0.15) is 11.9 Å². The van der Waals surface area contributed by atoms with Gasteiger partial charge in [0.15, 0.2) is 0 Å². The molecule has 1 aliphatic carbocycles. The maximum atomic E-state index is 14.3. The minimum Gasteiger partial charge on any atom is -0.369 e. The molecule has 1 heterocycles. The monoisotopic (exact) mass is 505 g/mol. The molecule has 3 amide bonds. The minimum absolute atomic E-state index is 0.0908. The zero-order chi connectivity index (χ0) is 26.2. The zero-order valence-electron chi connectivity index (χ0n) is 19.6. The second-order valence-electron chi connectivity index (χ2n) is 9.61. The van der Waals surface area contributed by atoms with Crippen molar-refractivity contribution in [3.8, 4) is 11.1 Å². The Morgan fingerprint density at radius 3 is 2.50 bits per heavy atom. The number of primary amides is 1. The molecule has 2 aliphatic rings. The summed E-state index contributed by atoms with van der Waals surface area (Å²) in [7, 11) is 0. The highest BCUT2D eigenvalue weighted by Gasteiger charge is 2.41. The highest BCUT2D eigenvalue weighted by molar-refractivity contribution is 6.05. The lowest BCUT2D eigenvalue weighted by Gasteiger charge is -2.27. The predicted octanol–water partition coefficient (Wildman–Crippen LogP) is 4.77. The summed E-state index contributed by atoms with van der Waals surface area (Å²) in [5.74, 6) is -5.41. The lowest BCUT2D eigenvalue weighted by Crippen LogP contribution is -2.45. The first kappa shape index (κ1) is 25.7. The molecule has 2 aromatic carbocycles. The van der Waals surface area contributed by atoms with Crippen molar-refractivity contribution in [3.05, 3.63) is 53.3 Å². The molecule has 36 heavy (non-hydrogen) atoms.